The highest BCUT2D eigenvalue weighted by Crippen LogP contribution is 2.13. The second-order valence-corrected chi connectivity index (χ2v) is 7.21. The van der Waals surface area contributed by atoms with Crippen LogP contribution < -0.4 is 16.0 Å². The number of halogens is 2. The molecule has 1 atom stereocenters. The summed E-state index contributed by atoms with van der Waals surface area (Å²) in [5.41, 5.74) is 1.76. The van der Waals surface area contributed by atoms with Crippen molar-refractivity contribution < 1.29 is 14.3 Å². The fourth-order valence-corrected chi connectivity index (χ4v) is 3.48. The predicted octanol–water partition coefficient (Wildman–Crippen LogP) is 1.81. The van der Waals surface area contributed by atoms with Gasteiger partial charge in [-0.1, -0.05) is 12.1 Å². The third-order valence-corrected chi connectivity index (χ3v) is 5.10. The van der Waals surface area contributed by atoms with E-state index in [1.54, 1.807) is 0 Å². The van der Waals surface area contributed by atoms with E-state index in [0.717, 1.165) is 70.0 Å². The average molecular weight is 447 g/mol. The summed E-state index contributed by atoms with van der Waals surface area (Å²) in [5.74, 6) is 0.167. The minimum absolute atomic E-state index is 0. The second-order valence-electron chi connectivity index (χ2n) is 7.21. The summed E-state index contributed by atoms with van der Waals surface area (Å²) in [7, 11) is 0. The molecule has 9 heteroatoms. The van der Waals surface area contributed by atoms with Crippen molar-refractivity contribution in [3.63, 3.8) is 0 Å². The molecule has 0 saturated carbocycles. The SMILES string of the molecule is Cl.Cl.O=C(CCN1CCOCC1)Nc1cccc(CNC(=O)C2CCCNC2)c1. The molecule has 2 fully saturated rings. The number of carbonyl (C=O) groups excluding carboxylic acids is 2. The Balaban J connectivity index is 0.00000210. The van der Waals surface area contributed by atoms with Crippen LogP contribution in [0.15, 0.2) is 24.3 Å². The van der Waals surface area contributed by atoms with Gasteiger partial charge in [-0.3, -0.25) is 14.5 Å². The first kappa shape index (κ1) is 25.7. The van der Waals surface area contributed by atoms with Crippen LogP contribution in [-0.4, -0.2) is 62.7 Å². The van der Waals surface area contributed by atoms with Crippen LogP contribution in [0.2, 0.25) is 0 Å². The summed E-state index contributed by atoms with van der Waals surface area (Å²) in [6.07, 6.45) is 2.46. The number of amides is 2. The summed E-state index contributed by atoms with van der Waals surface area (Å²) in [6, 6.07) is 7.67. The van der Waals surface area contributed by atoms with E-state index in [2.05, 4.69) is 20.9 Å². The molecule has 1 unspecified atom stereocenters. The minimum Gasteiger partial charge on any atom is -0.379 e. The first-order valence-electron chi connectivity index (χ1n) is 9.88. The molecule has 2 saturated heterocycles. The van der Waals surface area contributed by atoms with Crippen molar-refractivity contribution in [2.24, 2.45) is 5.92 Å². The number of ether oxygens (including phenoxy) is 1. The number of hydrogen-bond acceptors (Lipinski definition) is 5. The molecule has 0 aliphatic carbocycles. The van der Waals surface area contributed by atoms with Gasteiger partial charge >= 0.3 is 0 Å². The lowest BCUT2D eigenvalue weighted by molar-refractivity contribution is -0.125. The van der Waals surface area contributed by atoms with Gasteiger partial charge in [0.2, 0.25) is 11.8 Å². The zero-order valence-corrected chi connectivity index (χ0v) is 18.3. The number of piperidine rings is 1. The monoisotopic (exact) mass is 446 g/mol. The molecule has 1 aromatic carbocycles. The van der Waals surface area contributed by atoms with Gasteiger partial charge in [0, 0.05) is 44.8 Å². The number of nitrogens with one attached hydrogen (secondary N) is 3. The molecule has 7 nitrogen and oxygen atoms in total. The van der Waals surface area contributed by atoms with E-state index < -0.39 is 0 Å². The second kappa shape index (κ2) is 13.8. The van der Waals surface area contributed by atoms with Crippen molar-refractivity contribution in [1.29, 1.82) is 0 Å². The summed E-state index contributed by atoms with van der Waals surface area (Å²) in [6.45, 7) is 6.24. The van der Waals surface area contributed by atoms with Crippen LogP contribution in [-0.2, 0) is 20.9 Å². The van der Waals surface area contributed by atoms with Crippen LogP contribution in [0, 0.1) is 5.92 Å². The number of carbonyl (C=O) groups is 2. The molecular formula is C20H32Cl2N4O3. The van der Waals surface area contributed by atoms with E-state index in [4.69, 9.17) is 4.74 Å². The van der Waals surface area contributed by atoms with Gasteiger partial charge in [0.05, 0.1) is 19.1 Å². The Hall–Kier alpha value is -1.38. The number of benzene rings is 1. The molecule has 0 radical (unpaired) electrons. The molecule has 164 valence electrons. The molecule has 2 aliphatic rings. The molecule has 29 heavy (non-hydrogen) atoms. The first-order valence-corrected chi connectivity index (χ1v) is 9.88. The van der Waals surface area contributed by atoms with Crippen LogP contribution in [0.25, 0.3) is 0 Å². The van der Waals surface area contributed by atoms with Gasteiger partial charge in [0.25, 0.3) is 0 Å². The van der Waals surface area contributed by atoms with E-state index in [0.29, 0.717) is 13.0 Å². The molecule has 2 amide bonds. The number of morpholine rings is 1. The molecule has 2 aliphatic heterocycles. The van der Waals surface area contributed by atoms with Crippen LogP contribution in [0.4, 0.5) is 5.69 Å². The normalized spacial score (nSPS) is 19.4. The van der Waals surface area contributed by atoms with Gasteiger partial charge in [-0.05, 0) is 37.1 Å². The van der Waals surface area contributed by atoms with Crippen LogP contribution in [0.3, 0.4) is 0 Å². The smallest absolute Gasteiger partial charge is 0.225 e. The van der Waals surface area contributed by atoms with Crippen molar-refractivity contribution in [2.45, 2.75) is 25.8 Å². The van der Waals surface area contributed by atoms with E-state index in [1.807, 2.05) is 24.3 Å². The quantitative estimate of drug-likeness (QED) is 0.594. The van der Waals surface area contributed by atoms with Crippen molar-refractivity contribution in [2.75, 3.05) is 51.3 Å². The van der Waals surface area contributed by atoms with Crippen molar-refractivity contribution in [1.82, 2.24) is 15.5 Å². The molecular weight excluding hydrogens is 415 g/mol. The summed E-state index contributed by atoms with van der Waals surface area (Å²) in [5, 5.41) is 9.22. The lowest BCUT2D eigenvalue weighted by Crippen LogP contribution is -2.40. The maximum Gasteiger partial charge on any atom is 0.225 e. The number of anilines is 1. The Bertz CT molecular complexity index is 636. The summed E-state index contributed by atoms with van der Waals surface area (Å²) >= 11 is 0. The fourth-order valence-electron chi connectivity index (χ4n) is 3.48. The average Bonchev–Trinajstić information content (AvgIpc) is 2.72. The molecule has 3 rings (SSSR count). The highest BCUT2D eigenvalue weighted by Gasteiger charge is 2.20. The highest BCUT2D eigenvalue weighted by atomic mass is 35.5. The Kier molecular flexibility index (Phi) is 12.2. The third-order valence-electron chi connectivity index (χ3n) is 5.10. The third kappa shape index (κ3) is 8.88. The van der Waals surface area contributed by atoms with Gasteiger partial charge in [-0.25, -0.2) is 0 Å². The maximum atomic E-state index is 12.2. The minimum atomic E-state index is 0. The van der Waals surface area contributed by atoms with E-state index >= 15 is 0 Å². The Labute approximate surface area is 185 Å². The molecule has 0 aromatic heterocycles. The number of rotatable bonds is 7. The largest absolute Gasteiger partial charge is 0.379 e. The van der Waals surface area contributed by atoms with Crippen molar-refractivity contribution in [3.8, 4) is 0 Å². The molecule has 1 aromatic rings. The molecule has 0 spiro atoms. The predicted molar refractivity (Wildman–Crippen MR) is 119 cm³/mol. The van der Waals surface area contributed by atoms with Gasteiger partial charge in [-0.15, -0.1) is 24.8 Å². The van der Waals surface area contributed by atoms with Gasteiger partial charge in [-0.2, -0.15) is 0 Å². The Morgan fingerprint density at radius 3 is 2.72 bits per heavy atom. The van der Waals surface area contributed by atoms with Gasteiger partial charge < -0.3 is 20.7 Å². The van der Waals surface area contributed by atoms with Gasteiger partial charge in [0.1, 0.15) is 0 Å². The fraction of sp³-hybridized carbons (Fsp3) is 0.600. The van der Waals surface area contributed by atoms with Crippen LogP contribution in [0.1, 0.15) is 24.8 Å². The molecule has 2 heterocycles. The zero-order chi connectivity index (χ0) is 18.9. The standard InChI is InChI=1S/C20H30N4O3.2ClH/c25-19(6-8-24-9-11-27-12-10-24)23-18-5-1-3-16(13-18)14-22-20(26)17-4-2-7-21-15-17;;/h1,3,5,13,17,21H,2,4,6-12,14-15H2,(H,22,26)(H,23,25);2*1H. The maximum absolute atomic E-state index is 12.2. The lowest BCUT2D eigenvalue weighted by atomic mass is 9.99. The molecule has 3 N–H and O–H groups in total. The van der Waals surface area contributed by atoms with E-state index in [9.17, 15) is 9.59 Å². The van der Waals surface area contributed by atoms with E-state index in [1.165, 1.54) is 0 Å². The Morgan fingerprint density at radius 2 is 2.00 bits per heavy atom. The van der Waals surface area contributed by atoms with E-state index in [-0.39, 0.29) is 42.5 Å². The first-order chi connectivity index (χ1) is 13.2. The lowest BCUT2D eigenvalue weighted by Gasteiger charge is -2.26. The Morgan fingerprint density at radius 1 is 1.21 bits per heavy atom. The summed E-state index contributed by atoms with van der Waals surface area (Å²) in [4.78, 5) is 26.7. The molecule has 0 bridgehead atoms. The highest BCUT2D eigenvalue weighted by molar-refractivity contribution is 5.90. The topological polar surface area (TPSA) is 82.7 Å². The van der Waals surface area contributed by atoms with Crippen LogP contribution in [0.5, 0.6) is 0 Å². The zero-order valence-electron chi connectivity index (χ0n) is 16.7. The number of hydrogen-bond donors (Lipinski definition) is 3. The van der Waals surface area contributed by atoms with Crippen molar-refractivity contribution in [3.05, 3.63) is 29.8 Å². The number of nitrogens with zero attached hydrogens (tertiary/aromatic N) is 1. The summed E-state index contributed by atoms with van der Waals surface area (Å²) < 4.78 is 5.32. The van der Waals surface area contributed by atoms with Crippen LogP contribution >= 0.6 is 24.8 Å². The van der Waals surface area contributed by atoms with Crippen molar-refractivity contribution >= 4 is 42.3 Å². The van der Waals surface area contributed by atoms with Gasteiger partial charge in [0.15, 0.2) is 0 Å².